The highest BCUT2D eigenvalue weighted by molar-refractivity contribution is 5.75. The first kappa shape index (κ1) is 9.70. The second-order valence-electron chi connectivity index (χ2n) is 2.68. The van der Waals surface area contributed by atoms with Crippen LogP contribution in [0.5, 0.6) is 0 Å². The Kier molecular flexibility index (Phi) is 3.95. The van der Waals surface area contributed by atoms with Crippen molar-refractivity contribution in [2.75, 3.05) is 6.54 Å². The number of carbonyl (C=O) groups is 1. The van der Waals surface area contributed by atoms with Gasteiger partial charge in [-0.3, -0.25) is 4.79 Å². The topological polar surface area (TPSA) is 68.0 Å². The maximum Gasteiger partial charge on any atom is 0.228 e. The van der Waals surface area contributed by atoms with E-state index >= 15 is 0 Å². The van der Waals surface area contributed by atoms with Crippen LogP contribution in [0, 0.1) is 0 Å². The second kappa shape index (κ2) is 5.29. The van der Waals surface area contributed by atoms with Gasteiger partial charge in [-0.05, 0) is 6.42 Å². The summed E-state index contributed by atoms with van der Waals surface area (Å²) in [6.07, 6.45) is 3.38. The highest BCUT2D eigenvalue weighted by Crippen LogP contribution is 1.91. The summed E-state index contributed by atoms with van der Waals surface area (Å²) in [4.78, 5) is 14.8. The summed E-state index contributed by atoms with van der Waals surface area (Å²) in [5, 5.41) is 6.21. The van der Waals surface area contributed by atoms with Gasteiger partial charge < -0.3 is 9.84 Å². The van der Waals surface area contributed by atoms with E-state index in [-0.39, 0.29) is 5.91 Å². The minimum atomic E-state index is 0.0713. The molecule has 0 aromatic carbocycles. The third-order valence-corrected chi connectivity index (χ3v) is 1.55. The molecule has 5 nitrogen and oxygen atoms in total. The van der Waals surface area contributed by atoms with Gasteiger partial charge in [0.05, 0.1) is 0 Å². The molecule has 1 aromatic rings. The van der Waals surface area contributed by atoms with E-state index < -0.39 is 0 Å². The lowest BCUT2D eigenvalue weighted by atomic mass is 10.3. The van der Waals surface area contributed by atoms with Gasteiger partial charge in [0.2, 0.25) is 11.8 Å². The second-order valence-corrected chi connectivity index (χ2v) is 2.68. The molecule has 0 saturated carbocycles. The van der Waals surface area contributed by atoms with Crippen molar-refractivity contribution in [2.45, 2.75) is 26.2 Å². The van der Waals surface area contributed by atoms with E-state index in [0.717, 1.165) is 6.42 Å². The fourth-order valence-electron chi connectivity index (χ4n) is 0.930. The average molecular weight is 183 g/mol. The van der Waals surface area contributed by atoms with E-state index in [1.165, 1.54) is 6.33 Å². The van der Waals surface area contributed by atoms with E-state index in [0.29, 0.717) is 25.3 Å². The number of amides is 1. The molecule has 0 aliphatic heterocycles. The standard InChI is InChI=1S/C8H13N3O2/c1-2-3-7(12)9-5-4-8-10-6-11-13-8/h6H,2-5H2,1H3,(H,9,12). The van der Waals surface area contributed by atoms with Gasteiger partial charge in [-0.2, -0.15) is 4.98 Å². The Balaban J connectivity index is 2.11. The van der Waals surface area contributed by atoms with Crippen molar-refractivity contribution in [3.05, 3.63) is 12.2 Å². The molecule has 72 valence electrons. The fourth-order valence-corrected chi connectivity index (χ4v) is 0.930. The SMILES string of the molecule is CCCC(=O)NCCc1ncno1. The smallest absolute Gasteiger partial charge is 0.228 e. The summed E-state index contributed by atoms with van der Waals surface area (Å²) in [6, 6.07) is 0. The summed E-state index contributed by atoms with van der Waals surface area (Å²) in [5.74, 6) is 0.624. The molecule has 1 rings (SSSR count). The molecule has 0 fully saturated rings. The first-order valence-corrected chi connectivity index (χ1v) is 4.35. The molecule has 0 spiro atoms. The predicted octanol–water partition coefficient (Wildman–Crippen LogP) is 0.528. The lowest BCUT2D eigenvalue weighted by molar-refractivity contribution is -0.121. The number of hydrogen-bond acceptors (Lipinski definition) is 4. The van der Waals surface area contributed by atoms with Crippen LogP contribution in [0.15, 0.2) is 10.9 Å². The third kappa shape index (κ3) is 3.68. The Bertz CT molecular complexity index is 246. The van der Waals surface area contributed by atoms with E-state index in [4.69, 9.17) is 4.52 Å². The number of nitrogens with one attached hydrogen (secondary N) is 1. The fraction of sp³-hybridized carbons (Fsp3) is 0.625. The van der Waals surface area contributed by atoms with E-state index in [9.17, 15) is 4.79 Å². The molecule has 0 unspecified atom stereocenters. The summed E-state index contributed by atoms with van der Waals surface area (Å²) in [5.41, 5.74) is 0. The van der Waals surface area contributed by atoms with Crippen LogP contribution < -0.4 is 5.32 Å². The number of hydrogen-bond donors (Lipinski definition) is 1. The van der Waals surface area contributed by atoms with Gasteiger partial charge in [0.1, 0.15) is 0 Å². The summed E-state index contributed by atoms with van der Waals surface area (Å²) < 4.78 is 4.76. The molecular formula is C8H13N3O2. The van der Waals surface area contributed by atoms with Crippen molar-refractivity contribution in [3.8, 4) is 0 Å². The number of carbonyl (C=O) groups excluding carboxylic acids is 1. The highest BCUT2D eigenvalue weighted by Gasteiger charge is 2.01. The zero-order valence-corrected chi connectivity index (χ0v) is 7.62. The lowest BCUT2D eigenvalue weighted by Gasteiger charge is -2.00. The van der Waals surface area contributed by atoms with Gasteiger partial charge >= 0.3 is 0 Å². The first-order valence-electron chi connectivity index (χ1n) is 4.35. The van der Waals surface area contributed by atoms with Crippen LogP contribution >= 0.6 is 0 Å². The molecule has 13 heavy (non-hydrogen) atoms. The summed E-state index contributed by atoms with van der Waals surface area (Å²) in [6.45, 7) is 2.53. The Hall–Kier alpha value is -1.39. The number of nitrogens with zero attached hydrogens (tertiary/aromatic N) is 2. The van der Waals surface area contributed by atoms with Crippen LogP contribution in [0.3, 0.4) is 0 Å². The van der Waals surface area contributed by atoms with Crippen LogP contribution in [0.2, 0.25) is 0 Å². The molecule has 0 aliphatic carbocycles. The minimum Gasteiger partial charge on any atom is -0.356 e. The van der Waals surface area contributed by atoms with Crippen molar-refractivity contribution in [3.63, 3.8) is 0 Å². The van der Waals surface area contributed by atoms with E-state index in [1.807, 2.05) is 6.92 Å². The molecule has 0 aliphatic rings. The largest absolute Gasteiger partial charge is 0.356 e. The molecule has 0 radical (unpaired) electrons. The quantitative estimate of drug-likeness (QED) is 0.723. The Labute approximate surface area is 76.5 Å². The molecule has 1 heterocycles. The normalized spacial score (nSPS) is 9.92. The minimum absolute atomic E-state index is 0.0713. The Morgan fingerprint density at radius 3 is 3.15 bits per heavy atom. The van der Waals surface area contributed by atoms with Crippen LogP contribution in [0.4, 0.5) is 0 Å². The molecule has 0 bridgehead atoms. The Morgan fingerprint density at radius 1 is 1.69 bits per heavy atom. The van der Waals surface area contributed by atoms with Crippen molar-refractivity contribution in [1.29, 1.82) is 0 Å². The average Bonchev–Trinajstić information content (AvgIpc) is 2.57. The highest BCUT2D eigenvalue weighted by atomic mass is 16.5. The first-order chi connectivity index (χ1) is 6.33. The van der Waals surface area contributed by atoms with Crippen LogP contribution in [0.1, 0.15) is 25.7 Å². The van der Waals surface area contributed by atoms with Crippen molar-refractivity contribution in [2.24, 2.45) is 0 Å². The third-order valence-electron chi connectivity index (χ3n) is 1.55. The van der Waals surface area contributed by atoms with Crippen molar-refractivity contribution >= 4 is 5.91 Å². The number of aromatic nitrogens is 2. The van der Waals surface area contributed by atoms with Gasteiger partial charge in [-0.25, -0.2) is 0 Å². The zero-order chi connectivity index (χ0) is 9.52. The van der Waals surface area contributed by atoms with Gasteiger partial charge in [0, 0.05) is 19.4 Å². The summed E-state index contributed by atoms with van der Waals surface area (Å²) >= 11 is 0. The summed E-state index contributed by atoms with van der Waals surface area (Å²) in [7, 11) is 0. The van der Waals surface area contributed by atoms with Crippen LogP contribution in [-0.4, -0.2) is 22.6 Å². The lowest BCUT2D eigenvalue weighted by Crippen LogP contribution is -2.25. The van der Waals surface area contributed by atoms with Crippen LogP contribution in [0.25, 0.3) is 0 Å². The molecule has 1 aromatic heterocycles. The van der Waals surface area contributed by atoms with Gasteiger partial charge in [0.15, 0.2) is 6.33 Å². The predicted molar refractivity (Wildman–Crippen MR) is 45.9 cm³/mol. The number of rotatable bonds is 5. The van der Waals surface area contributed by atoms with Crippen molar-refractivity contribution < 1.29 is 9.32 Å². The maximum absolute atomic E-state index is 11.0. The molecule has 5 heteroatoms. The molecule has 1 amide bonds. The van der Waals surface area contributed by atoms with Gasteiger partial charge in [-0.15, -0.1) is 0 Å². The molecule has 0 saturated heterocycles. The molecular weight excluding hydrogens is 170 g/mol. The molecule has 0 atom stereocenters. The zero-order valence-electron chi connectivity index (χ0n) is 7.62. The van der Waals surface area contributed by atoms with E-state index in [1.54, 1.807) is 0 Å². The van der Waals surface area contributed by atoms with E-state index in [2.05, 4.69) is 15.5 Å². The van der Waals surface area contributed by atoms with Crippen LogP contribution in [-0.2, 0) is 11.2 Å². The van der Waals surface area contributed by atoms with Gasteiger partial charge in [-0.1, -0.05) is 12.1 Å². The monoisotopic (exact) mass is 183 g/mol. The van der Waals surface area contributed by atoms with Crippen molar-refractivity contribution in [1.82, 2.24) is 15.5 Å². The molecule has 1 N–H and O–H groups in total. The maximum atomic E-state index is 11.0. The van der Waals surface area contributed by atoms with Gasteiger partial charge in [0.25, 0.3) is 0 Å². The Morgan fingerprint density at radius 2 is 2.54 bits per heavy atom.